The van der Waals surface area contributed by atoms with E-state index >= 15 is 0 Å². The average Bonchev–Trinajstić information content (AvgIpc) is 2.85. The molecule has 1 aromatic carbocycles. The van der Waals surface area contributed by atoms with Gasteiger partial charge in [-0.3, -0.25) is 4.79 Å². The molecule has 1 aromatic heterocycles. The molecule has 0 amide bonds. The largest absolute Gasteiger partial charge is 0.357 e. The molecule has 6 rings (SSSR count). The van der Waals surface area contributed by atoms with Gasteiger partial charge in [0.15, 0.2) is 6.29 Å². The van der Waals surface area contributed by atoms with E-state index in [0.717, 1.165) is 40.5 Å². The molecule has 2 heteroatoms. The predicted octanol–water partition coefficient (Wildman–Crippen LogP) is 4.45. The molecule has 0 saturated heterocycles. The van der Waals surface area contributed by atoms with Crippen LogP contribution < -0.4 is 0 Å². The molecule has 4 saturated carbocycles. The van der Waals surface area contributed by atoms with Crippen LogP contribution in [0.25, 0.3) is 10.9 Å². The molecule has 0 aliphatic heterocycles. The third kappa shape index (κ3) is 1.56. The van der Waals surface area contributed by atoms with E-state index in [4.69, 9.17) is 0 Å². The Morgan fingerprint density at radius 1 is 1.00 bits per heavy atom. The van der Waals surface area contributed by atoms with E-state index in [2.05, 4.69) is 23.2 Å². The third-order valence-corrected chi connectivity index (χ3v) is 6.43. The van der Waals surface area contributed by atoms with Crippen LogP contribution in [0.1, 0.15) is 54.6 Å². The van der Waals surface area contributed by atoms with E-state index in [9.17, 15) is 4.79 Å². The van der Waals surface area contributed by atoms with Crippen LogP contribution in [-0.2, 0) is 5.41 Å². The Labute approximate surface area is 124 Å². The van der Waals surface area contributed by atoms with Crippen LogP contribution in [0.4, 0.5) is 0 Å². The summed E-state index contributed by atoms with van der Waals surface area (Å²) < 4.78 is 0. The van der Waals surface area contributed by atoms with Gasteiger partial charge in [-0.2, -0.15) is 0 Å². The van der Waals surface area contributed by atoms with Crippen molar-refractivity contribution in [1.29, 1.82) is 0 Å². The average molecular weight is 279 g/mol. The van der Waals surface area contributed by atoms with Crippen molar-refractivity contribution in [3.8, 4) is 0 Å². The summed E-state index contributed by atoms with van der Waals surface area (Å²) in [5.74, 6) is 2.71. The fourth-order valence-corrected chi connectivity index (χ4v) is 6.12. The molecule has 4 fully saturated rings. The topological polar surface area (TPSA) is 32.9 Å². The molecule has 2 nitrogen and oxygen atoms in total. The Kier molecular flexibility index (Phi) is 2.29. The highest BCUT2D eigenvalue weighted by atomic mass is 16.1. The third-order valence-electron chi connectivity index (χ3n) is 6.43. The Morgan fingerprint density at radius 3 is 2.24 bits per heavy atom. The number of carbonyl (C=O) groups excluding carboxylic acids is 1. The van der Waals surface area contributed by atoms with Crippen LogP contribution in [0.15, 0.2) is 24.3 Å². The van der Waals surface area contributed by atoms with Crippen LogP contribution in [0, 0.1) is 17.8 Å². The fraction of sp³-hybridized carbons (Fsp3) is 0.526. The van der Waals surface area contributed by atoms with Crippen LogP contribution >= 0.6 is 0 Å². The molecule has 4 aliphatic carbocycles. The zero-order valence-electron chi connectivity index (χ0n) is 12.3. The number of nitrogens with one attached hydrogen (secondary N) is 1. The number of H-pyrrole nitrogens is 1. The molecule has 0 spiro atoms. The minimum Gasteiger partial charge on any atom is -0.357 e. The Bertz CT molecular complexity index is 691. The summed E-state index contributed by atoms with van der Waals surface area (Å²) in [5, 5.41) is 1.11. The lowest BCUT2D eigenvalue weighted by Gasteiger charge is -2.56. The van der Waals surface area contributed by atoms with Gasteiger partial charge in [0.25, 0.3) is 0 Å². The van der Waals surface area contributed by atoms with Crippen LogP contribution in [0.5, 0.6) is 0 Å². The second-order valence-corrected chi connectivity index (χ2v) is 7.77. The maximum Gasteiger partial charge on any atom is 0.152 e. The Morgan fingerprint density at radius 2 is 1.62 bits per heavy atom. The molecule has 1 N–H and O–H groups in total. The Balaban J connectivity index is 1.72. The summed E-state index contributed by atoms with van der Waals surface area (Å²) >= 11 is 0. The van der Waals surface area contributed by atoms with Gasteiger partial charge in [-0.15, -0.1) is 0 Å². The van der Waals surface area contributed by atoms with Crippen molar-refractivity contribution in [2.24, 2.45) is 17.8 Å². The van der Waals surface area contributed by atoms with Gasteiger partial charge in [0, 0.05) is 27.6 Å². The molecule has 0 atom stereocenters. The highest BCUT2D eigenvalue weighted by molar-refractivity contribution is 5.99. The number of aromatic nitrogens is 1. The number of para-hydroxylation sites is 1. The highest BCUT2D eigenvalue weighted by Gasteiger charge is 2.53. The second-order valence-electron chi connectivity index (χ2n) is 7.77. The summed E-state index contributed by atoms with van der Waals surface area (Å²) in [6.45, 7) is 0. The summed E-state index contributed by atoms with van der Waals surface area (Å²) in [6, 6.07) is 8.27. The standard InChI is InChI=1S/C19H21NO/c21-11-16-15-3-1-2-4-17(15)20-18(16)19-8-12-5-13(9-19)7-14(6-12)10-19/h1-4,11-14,20H,5-10H2. The molecule has 4 bridgehead atoms. The van der Waals surface area contributed by atoms with Gasteiger partial charge in [0.05, 0.1) is 0 Å². The molecular formula is C19H21NO. The first-order valence-electron chi connectivity index (χ1n) is 8.34. The highest BCUT2D eigenvalue weighted by Crippen LogP contribution is 2.61. The van der Waals surface area contributed by atoms with Crippen molar-refractivity contribution >= 4 is 17.2 Å². The zero-order chi connectivity index (χ0) is 14.0. The van der Waals surface area contributed by atoms with E-state index in [1.807, 2.05) is 6.07 Å². The van der Waals surface area contributed by atoms with Crippen molar-refractivity contribution in [2.75, 3.05) is 0 Å². The number of benzene rings is 1. The first-order valence-corrected chi connectivity index (χ1v) is 8.34. The van der Waals surface area contributed by atoms with Crippen molar-refractivity contribution in [3.05, 3.63) is 35.5 Å². The number of hydrogen-bond donors (Lipinski definition) is 1. The van der Waals surface area contributed by atoms with E-state index in [0.29, 0.717) is 0 Å². The molecule has 108 valence electrons. The molecule has 4 aliphatic rings. The zero-order valence-corrected chi connectivity index (χ0v) is 12.3. The van der Waals surface area contributed by atoms with Gasteiger partial charge < -0.3 is 4.98 Å². The fourth-order valence-electron chi connectivity index (χ4n) is 6.12. The normalized spacial score (nSPS) is 37.2. The van der Waals surface area contributed by atoms with E-state index in [1.165, 1.54) is 44.2 Å². The number of fused-ring (bicyclic) bond motifs is 1. The molecule has 0 unspecified atom stereocenters. The van der Waals surface area contributed by atoms with Crippen molar-refractivity contribution in [3.63, 3.8) is 0 Å². The number of carbonyl (C=O) groups is 1. The van der Waals surface area contributed by atoms with Crippen LogP contribution in [-0.4, -0.2) is 11.3 Å². The predicted molar refractivity (Wildman–Crippen MR) is 83.5 cm³/mol. The maximum absolute atomic E-state index is 11.8. The Hall–Kier alpha value is -1.57. The lowest BCUT2D eigenvalue weighted by molar-refractivity contribution is -0.00710. The molecule has 2 aromatic rings. The lowest BCUT2D eigenvalue weighted by Crippen LogP contribution is -2.49. The molecule has 0 radical (unpaired) electrons. The van der Waals surface area contributed by atoms with Crippen molar-refractivity contribution < 1.29 is 4.79 Å². The molecule has 21 heavy (non-hydrogen) atoms. The SMILES string of the molecule is O=Cc1c(C23CC4CC(CC(C4)C2)C3)[nH]c2ccccc12. The summed E-state index contributed by atoms with van der Waals surface area (Å²) in [6.07, 6.45) is 9.31. The van der Waals surface area contributed by atoms with Gasteiger partial charge in [0.2, 0.25) is 0 Å². The van der Waals surface area contributed by atoms with Crippen molar-refractivity contribution in [2.45, 2.75) is 43.9 Å². The number of hydrogen-bond acceptors (Lipinski definition) is 1. The van der Waals surface area contributed by atoms with Gasteiger partial charge in [-0.05, 0) is 62.3 Å². The quantitative estimate of drug-likeness (QED) is 0.809. The number of rotatable bonds is 2. The van der Waals surface area contributed by atoms with E-state index in [-0.39, 0.29) is 5.41 Å². The first kappa shape index (κ1) is 12.0. The molecular weight excluding hydrogens is 258 g/mol. The first-order chi connectivity index (χ1) is 10.3. The summed E-state index contributed by atoms with van der Waals surface area (Å²) in [5.41, 5.74) is 3.60. The van der Waals surface area contributed by atoms with Gasteiger partial charge in [-0.1, -0.05) is 18.2 Å². The summed E-state index contributed by atoms with van der Waals surface area (Å²) in [7, 11) is 0. The van der Waals surface area contributed by atoms with E-state index < -0.39 is 0 Å². The van der Waals surface area contributed by atoms with Crippen LogP contribution in [0.2, 0.25) is 0 Å². The number of aromatic amines is 1. The van der Waals surface area contributed by atoms with E-state index in [1.54, 1.807) is 0 Å². The second kappa shape index (κ2) is 4.00. The van der Waals surface area contributed by atoms with Gasteiger partial charge in [0.1, 0.15) is 0 Å². The monoisotopic (exact) mass is 279 g/mol. The minimum atomic E-state index is 0.268. The van der Waals surface area contributed by atoms with Gasteiger partial charge >= 0.3 is 0 Å². The van der Waals surface area contributed by atoms with Crippen molar-refractivity contribution in [1.82, 2.24) is 4.98 Å². The van der Waals surface area contributed by atoms with Crippen LogP contribution in [0.3, 0.4) is 0 Å². The lowest BCUT2D eigenvalue weighted by atomic mass is 9.48. The summed E-state index contributed by atoms with van der Waals surface area (Å²) in [4.78, 5) is 15.4. The molecule has 1 heterocycles. The minimum absolute atomic E-state index is 0.268. The smallest absolute Gasteiger partial charge is 0.152 e. The maximum atomic E-state index is 11.8. The number of aldehydes is 1. The van der Waals surface area contributed by atoms with Gasteiger partial charge in [-0.25, -0.2) is 0 Å².